The Bertz CT molecular complexity index is 1340. The number of carbonyl (C=O) groups excluding carboxylic acids is 1. The quantitative estimate of drug-likeness (QED) is 0.590. The predicted molar refractivity (Wildman–Crippen MR) is 135 cm³/mol. The second-order valence-corrected chi connectivity index (χ2v) is 11.3. The van der Waals surface area contributed by atoms with Crippen LogP contribution in [-0.2, 0) is 22.8 Å². The van der Waals surface area contributed by atoms with E-state index in [9.17, 15) is 28.2 Å². The van der Waals surface area contributed by atoms with Crippen molar-refractivity contribution in [3.8, 4) is 11.5 Å². The molecule has 1 saturated carbocycles. The van der Waals surface area contributed by atoms with Crippen molar-refractivity contribution >= 4 is 12.0 Å². The minimum atomic E-state index is -4.47. The molecule has 6 rings (SSSR count). The van der Waals surface area contributed by atoms with E-state index in [1.807, 2.05) is 20.0 Å². The largest absolute Gasteiger partial charge is 0.504 e. The summed E-state index contributed by atoms with van der Waals surface area (Å²) >= 11 is 0. The number of piperidine rings is 1. The summed E-state index contributed by atoms with van der Waals surface area (Å²) in [5, 5.41) is 23.3. The summed E-state index contributed by atoms with van der Waals surface area (Å²) in [7, 11) is 3.69. The van der Waals surface area contributed by atoms with Crippen LogP contribution in [0.3, 0.4) is 0 Å². The second-order valence-electron chi connectivity index (χ2n) is 11.3. The number of ether oxygens (including phenoxy) is 1. The van der Waals surface area contributed by atoms with Crippen molar-refractivity contribution < 1.29 is 32.9 Å². The molecule has 1 amide bonds. The Hall–Kier alpha value is -3.04. The van der Waals surface area contributed by atoms with Crippen molar-refractivity contribution in [3.05, 3.63) is 64.7 Å². The number of hydrogen-bond donors (Lipinski definition) is 2. The lowest BCUT2D eigenvalue weighted by molar-refractivity contribution is -0.220. The van der Waals surface area contributed by atoms with Crippen LogP contribution < -0.4 is 4.74 Å². The third kappa shape index (κ3) is 3.24. The van der Waals surface area contributed by atoms with Crippen molar-refractivity contribution in [2.45, 2.75) is 61.6 Å². The topological polar surface area (TPSA) is 73.2 Å². The first kappa shape index (κ1) is 25.2. The highest BCUT2D eigenvalue weighted by molar-refractivity contribution is 5.92. The number of carbonyl (C=O) groups is 1. The van der Waals surface area contributed by atoms with Crippen LogP contribution in [0.1, 0.15) is 42.0 Å². The van der Waals surface area contributed by atoms with E-state index in [0.717, 1.165) is 29.8 Å². The van der Waals surface area contributed by atoms with Crippen LogP contribution in [-0.4, -0.2) is 70.3 Å². The summed E-state index contributed by atoms with van der Waals surface area (Å²) in [5.74, 6) is -0.125. The van der Waals surface area contributed by atoms with Crippen LogP contribution in [0.2, 0.25) is 0 Å². The molecule has 0 aromatic heterocycles. The van der Waals surface area contributed by atoms with Gasteiger partial charge >= 0.3 is 6.18 Å². The smallest absolute Gasteiger partial charge is 0.416 e. The van der Waals surface area contributed by atoms with Gasteiger partial charge in [0.15, 0.2) is 11.5 Å². The summed E-state index contributed by atoms with van der Waals surface area (Å²) < 4.78 is 45.8. The third-order valence-electron chi connectivity index (χ3n) is 9.60. The van der Waals surface area contributed by atoms with Crippen LogP contribution in [0.25, 0.3) is 6.08 Å². The number of rotatable bonds is 3. The van der Waals surface area contributed by atoms with Gasteiger partial charge in [0.1, 0.15) is 6.10 Å². The minimum absolute atomic E-state index is 0.0251. The lowest BCUT2D eigenvalue weighted by Crippen LogP contribution is -2.80. The standard InChI is InChI=1S/C29H31F3N2O4/c1-16-13-20(34(3)23(36)10-7-17-5-4-6-19(14-17)29(30,31)32)26-27-11-12-33(2)22(28(16,27)37)15-18-8-9-21(35)25(38-26)24(18)27/h4-10,14,16,20,22,26,35,37H,11-13,15H2,1-3H3/t16-,20-,22+,26-,27-,28+/m0/s1. The fraction of sp³-hybridized carbons (Fsp3) is 0.483. The molecule has 2 fully saturated rings. The van der Waals surface area contributed by atoms with Gasteiger partial charge in [-0.15, -0.1) is 0 Å². The Morgan fingerprint density at radius 1 is 1.26 bits per heavy atom. The number of phenols is 1. The average molecular weight is 529 g/mol. The molecule has 2 bridgehead atoms. The first-order chi connectivity index (χ1) is 17.9. The molecule has 1 saturated heterocycles. The highest BCUT2D eigenvalue weighted by Crippen LogP contribution is 2.66. The first-order valence-corrected chi connectivity index (χ1v) is 13.0. The third-order valence-corrected chi connectivity index (χ3v) is 9.60. The molecule has 6 nitrogen and oxygen atoms in total. The molecular weight excluding hydrogens is 497 g/mol. The van der Waals surface area contributed by atoms with Gasteiger partial charge in [-0.25, -0.2) is 0 Å². The number of alkyl halides is 3. The Morgan fingerprint density at radius 3 is 2.76 bits per heavy atom. The van der Waals surface area contributed by atoms with E-state index < -0.39 is 34.9 Å². The molecule has 0 radical (unpaired) electrons. The molecule has 202 valence electrons. The molecule has 0 unspecified atom stereocenters. The number of amides is 1. The zero-order chi connectivity index (χ0) is 27.2. The number of likely N-dealkylation sites (tertiary alicyclic amines) is 1. The van der Waals surface area contributed by atoms with Crippen LogP contribution in [0, 0.1) is 5.92 Å². The molecule has 2 aliphatic carbocycles. The number of aromatic hydroxyl groups is 1. The Kier molecular flexibility index (Phi) is 5.47. The molecule has 4 aliphatic rings. The van der Waals surface area contributed by atoms with E-state index >= 15 is 0 Å². The van der Waals surface area contributed by atoms with E-state index in [4.69, 9.17) is 4.74 Å². The number of halogens is 3. The molecule has 1 spiro atoms. The summed E-state index contributed by atoms with van der Waals surface area (Å²) in [6, 6.07) is 7.84. The summed E-state index contributed by atoms with van der Waals surface area (Å²) in [4.78, 5) is 17.1. The number of benzene rings is 2. The van der Waals surface area contributed by atoms with Gasteiger partial charge in [-0.3, -0.25) is 4.79 Å². The van der Waals surface area contributed by atoms with Crippen LogP contribution >= 0.6 is 0 Å². The lowest BCUT2D eigenvalue weighted by Gasteiger charge is -2.66. The number of hydrogen-bond acceptors (Lipinski definition) is 5. The predicted octanol–water partition coefficient (Wildman–Crippen LogP) is 3.98. The van der Waals surface area contributed by atoms with Gasteiger partial charge in [0.2, 0.25) is 5.91 Å². The van der Waals surface area contributed by atoms with E-state index in [0.29, 0.717) is 25.0 Å². The highest BCUT2D eigenvalue weighted by Gasteiger charge is 2.75. The first-order valence-electron chi connectivity index (χ1n) is 13.0. The molecule has 2 aromatic carbocycles. The second kappa shape index (κ2) is 8.23. The Morgan fingerprint density at radius 2 is 2.03 bits per heavy atom. The maximum absolute atomic E-state index is 13.3. The molecule has 9 heteroatoms. The molecule has 6 atom stereocenters. The molecule has 38 heavy (non-hydrogen) atoms. The molecule has 2 aromatic rings. The minimum Gasteiger partial charge on any atom is -0.504 e. The van der Waals surface area contributed by atoms with Crippen molar-refractivity contribution in [3.63, 3.8) is 0 Å². The lowest BCUT2D eigenvalue weighted by atomic mass is 9.45. The number of aliphatic hydroxyl groups is 1. The van der Waals surface area contributed by atoms with Crippen molar-refractivity contribution in [1.29, 1.82) is 0 Å². The van der Waals surface area contributed by atoms with E-state index in [2.05, 4.69) is 4.90 Å². The van der Waals surface area contributed by atoms with Crippen molar-refractivity contribution in [2.75, 3.05) is 20.6 Å². The van der Waals surface area contributed by atoms with Gasteiger partial charge in [-0.2, -0.15) is 13.2 Å². The zero-order valence-electron chi connectivity index (χ0n) is 21.5. The maximum Gasteiger partial charge on any atom is 0.416 e. The van der Waals surface area contributed by atoms with E-state index in [-0.39, 0.29) is 29.2 Å². The molecular formula is C29H31F3N2O4. The van der Waals surface area contributed by atoms with Gasteiger partial charge < -0.3 is 24.7 Å². The summed E-state index contributed by atoms with van der Waals surface area (Å²) in [6.07, 6.45) is -0.624. The summed E-state index contributed by atoms with van der Waals surface area (Å²) in [6.45, 7) is 2.76. The summed E-state index contributed by atoms with van der Waals surface area (Å²) in [5.41, 5.74) is -0.477. The zero-order valence-corrected chi connectivity index (χ0v) is 21.5. The molecule has 2 N–H and O–H groups in total. The molecule has 2 heterocycles. The van der Waals surface area contributed by atoms with E-state index in [1.165, 1.54) is 24.3 Å². The molecule has 2 aliphatic heterocycles. The van der Waals surface area contributed by atoms with Crippen molar-refractivity contribution in [2.24, 2.45) is 5.92 Å². The Labute approximate surface area is 219 Å². The van der Waals surface area contributed by atoms with Crippen LogP contribution in [0.4, 0.5) is 13.2 Å². The van der Waals surface area contributed by atoms with Gasteiger partial charge in [0.25, 0.3) is 0 Å². The van der Waals surface area contributed by atoms with Gasteiger partial charge in [0.05, 0.1) is 22.6 Å². The van der Waals surface area contributed by atoms with Gasteiger partial charge in [0, 0.05) is 24.7 Å². The van der Waals surface area contributed by atoms with Crippen molar-refractivity contribution in [1.82, 2.24) is 9.80 Å². The number of likely N-dealkylation sites (N-methyl/N-ethyl adjacent to an activating group) is 2. The number of phenolic OH excluding ortho intramolecular Hbond substituents is 1. The van der Waals surface area contributed by atoms with Gasteiger partial charge in [-0.05, 0) is 74.2 Å². The maximum atomic E-state index is 13.3. The highest BCUT2D eigenvalue weighted by atomic mass is 19.4. The van der Waals surface area contributed by atoms with Gasteiger partial charge in [-0.1, -0.05) is 25.1 Å². The Balaban J connectivity index is 1.36. The SMILES string of the molecule is C[C@H]1C[C@H](N(C)C(=O)C=Cc2cccc(C(F)(F)F)c2)[C@@H]2Oc3c(O)ccc4c3[C@@]23CCN(C)[C@H](C4)[C@]13O. The fourth-order valence-corrected chi connectivity index (χ4v) is 7.79. The van der Waals surface area contributed by atoms with Crippen LogP contribution in [0.5, 0.6) is 11.5 Å². The normalized spacial score (nSPS) is 33.7. The average Bonchev–Trinajstić information content (AvgIpc) is 3.23. The monoisotopic (exact) mass is 528 g/mol. The number of nitrogens with zero attached hydrogens (tertiary/aromatic N) is 2. The van der Waals surface area contributed by atoms with E-state index in [1.54, 1.807) is 18.0 Å². The fourth-order valence-electron chi connectivity index (χ4n) is 7.79. The van der Waals surface area contributed by atoms with Crippen LogP contribution in [0.15, 0.2) is 42.5 Å².